The molecule has 26 heavy (non-hydrogen) atoms. The Labute approximate surface area is 159 Å². The zero-order chi connectivity index (χ0) is 18.7. The van der Waals surface area contributed by atoms with E-state index in [-0.39, 0.29) is 12.5 Å². The van der Waals surface area contributed by atoms with E-state index in [1.54, 1.807) is 22.9 Å². The Hall–Kier alpha value is -2.64. The van der Waals surface area contributed by atoms with Gasteiger partial charge in [0.25, 0.3) is 11.9 Å². The maximum Gasteiger partial charge on any atom is 0.262 e. The number of nitrogens with one attached hydrogen (secondary N) is 1. The highest BCUT2D eigenvalue weighted by Crippen LogP contribution is 2.27. The van der Waals surface area contributed by atoms with Crippen LogP contribution in [0.1, 0.15) is 11.4 Å². The second kappa shape index (κ2) is 7.72. The number of aromatic nitrogens is 4. The maximum absolute atomic E-state index is 12.0. The number of hydrogen-bond donors (Lipinski definition) is 1. The topological polar surface area (TPSA) is 81.9 Å². The summed E-state index contributed by atoms with van der Waals surface area (Å²) in [6, 6.07) is 6.71. The molecule has 3 rings (SSSR count). The molecule has 134 valence electrons. The van der Waals surface area contributed by atoms with E-state index >= 15 is 0 Å². The van der Waals surface area contributed by atoms with Crippen molar-refractivity contribution in [2.75, 3.05) is 11.9 Å². The van der Waals surface area contributed by atoms with E-state index in [9.17, 15) is 4.79 Å². The van der Waals surface area contributed by atoms with Crippen LogP contribution in [0, 0.1) is 13.8 Å². The van der Waals surface area contributed by atoms with Gasteiger partial charge in [-0.3, -0.25) is 4.79 Å². The molecule has 0 aliphatic heterocycles. The number of halogens is 2. The lowest BCUT2D eigenvalue weighted by atomic mass is 10.3. The lowest BCUT2D eigenvalue weighted by Gasteiger charge is -2.09. The molecule has 0 bridgehead atoms. The first-order valence-corrected chi connectivity index (χ1v) is 8.41. The van der Waals surface area contributed by atoms with Crippen LogP contribution < -0.4 is 10.1 Å². The second-order valence-electron chi connectivity index (χ2n) is 5.52. The smallest absolute Gasteiger partial charge is 0.262 e. The minimum Gasteiger partial charge on any atom is -0.482 e. The quantitative estimate of drug-likeness (QED) is 0.718. The molecule has 0 radical (unpaired) electrons. The third-order valence-electron chi connectivity index (χ3n) is 3.37. The lowest BCUT2D eigenvalue weighted by Crippen LogP contribution is -2.20. The zero-order valence-electron chi connectivity index (χ0n) is 14.0. The molecule has 0 aliphatic rings. The third-order valence-corrected chi connectivity index (χ3v) is 3.90. The van der Waals surface area contributed by atoms with Crippen LogP contribution in [0.5, 0.6) is 5.75 Å². The maximum atomic E-state index is 12.0. The van der Waals surface area contributed by atoms with Crippen molar-refractivity contribution < 1.29 is 9.53 Å². The Morgan fingerprint density at radius 2 is 1.92 bits per heavy atom. The third kappa shape index (κ3) is 4.30. The first-order valence-electron chi connectivity index (χ1n) is 7.66. The Morgan fingerprint density at radius 3 is 2.54 bits per heavy atom. The molecule has 1 N–H and O–H groups in total. The van der Waals surface area contributed by atoms with E-state index in [1.807, 2.05) is 19.9 Å². The van der Waals surface area contributed by atoms with Crippen molar-refractivity contribution in [3.63, 3.8) is 0 Å². The van der Waals surface area contributed by atoms with Gasteiger partial charge < -0.3 is 10.1 Å². The number of aryl methyl sites for hydroxylation is 2. The molecule has 7 nitrogen and oxygen atoms in total. The number of amides is 1. The standard InChI is InChI=1S/C17H15Cl2N5O2/c1-10-5-11(2)24(23-10)17-20-7-13(8-21-17)22-16(25)9-26-15-4-3-12(18)6-14(15)19/h3-8H,9H2,1-2H3,(H,22,25). The van der Waals surface area contributed by atoms with Crippen LogP contribution in [0.3, 0.4) is 0 Å². The molecule has 2 aromatic heterocycles. The van der Waals surface area contributed by atoms with E-state index in [2.05, 4.69) is 20.4 Å². The number of nitrogens with zero attached hydrogens (tertiary/aromatic N) is 4. The summed E-state index contributed by atoms with van der Waals surface area (Å²) in [5.41, 5.74) is 2.25. The molecule has 0 unspecified atom stereocenters. The predicted molar refractivity (Wildman–Crippen MR) is 99.2 cm³/mol. The monoisotopic (exact) mass is 391 g/mol. The first kappa shape index (κ1) is 18.2. The van der Waals surface area contributed by atoms with Crippen molar-refractivity contribution in [2.24, 2.45) is 0 Å². The molecular weight excluding hydrogens is 377 g/mol. The molecular formula is C17H15Cl2N5O2. The van der Waals surface area contributed by atoms with Crippen LogP contribution in [0.15, 0.2) is 36.7 Å². The number of hydrogen-bond acceptors (Lipinski definition) is 5. The number of carbonyl (C=O) groups excluding carboxylic acids is 1. The van der Waals surface area contributed by atoms with Crippen molar-refractivity contribution in [2.45, 2.75) is 13.8 Å². The summed E-state index contributed by atoms with van der Waals surface area (Å²) in [4.78, 5) is 20.4. The highest BCUT2D eigenvalue weighted by molar-refractivity contribution is 6.35. The van der Waals surface area contributed by atoms with E-state index in [4.69, 9.17) is 27.9 Å². The fraction of sp³-hybridized carbons (Fsp3) is 0.176. The Morgan fingerprint density at radius 1 is 1.19 bits per heavy atom. The SMILES string of the molecule is Cc1cc(C)n(-c2ncc(NC(=O)COc3ccc(Cl)cc3Cl)cn2)n1. The molecule has 0 aliphatic carbocycles. The van der Waals surface area contributed by atoms with Crippen LogP contribution in [0.25, 0.3) is 5.95 Å². The Bertz CT molecular complexity index is 941. The summed E-state index contributed by atoms with van der Waals surface area (Å²) < 4.78 is 7.01. The minimum absolute atomic E-state index is 0.208. The molecule has 1 aromatic carbocycles. The van der Waals surface area contributed by atoms with Crippen LogP contribution in [-0.2, 0) is 4.79 Å². The summed E-state index contributed by atoms with van der Waals surface area (Å²) >= 11 is 11.8. The van der Waals surface area contributed by atoms with Crippen LogP contribution >= 0.6 is 23.2 Å². The van der Waals surface area contributed by atoms with Crippen LogP contribution in [-0.4, -0.2) is 32.3 Å². The van der Waals surface area contributed by atoms with Crippen molar-refractivity contribution in [1.82, 2.24) is 19.7 Å². The molecule has 0 saturated carbocycles. The van der Waals surface area contributed by atoms with Crippen molar-refractivity contribution in [3.8, 4) is 11.7 Å². The number of anilines is 1. The molecule has 2 heterocycles. The van der Waals surface area contributed by atoms with Gasteiger partial charge in [-0.05, 0) is 38.1 Å². The van der Waals surface area contributed by atoms with Gasteiger partial charge in [-0.15, -0.1) is 0 Å². The van der Waals surface area contributed by atoms with Gasteiger partial charge in [0, 0.05) is 10.7 Å². The first-order chi connectivity index (χ1) is 12.4. The minimum atomic E-state index is -0.363. The van der Waals surface area contributed by atoms with Gasteiger partial charge in [-0.25, -0.2) is 14.6 Å². The highest BCUT2D eigenvalue weighted by atomic mass is 35.5. The lowest BCUT2D eigenvalue weighted by molar-refractivity contribution is -0.118. The van der Waals surface area contributed by atoms with Gasteiger partial charge >= 0.3 is 0 Å². The number of carbonyl (C=O) groups is 1. The molecule has 1 amide bonds. The van der Waals surface area contributed by atoms with Crippen molar-refractivity contribution in [3.05, 3.63) is 58.1 Å². The van der Waals surface area contributed by atoms with E-state index in [0.29, 0.717) is 27.4 Å². The number of benzene rings is 1. The molecule has 9 heteroatoms. The van der Waals surface area contributed by atoms with Gasteiger partial charge in [-0.1, -0.05) is 23.2 Å². The normalized spacial score (nSPS) is 10.6. The fourth-order valence-corrected chi connectivity index (χ4v) is 2.72. The average molecular weight is 392 g/mol. The van der Waals surface area contributed by atoms with Crippen LogP contribution in [0.2, 0.25) is 10.0 Å². The predicted octanol–water partition coefficient (Wildman–Crippen LogP) is 3.60. The fourth-order valence-electron chi connectivity index (χ4n) is 2.26. The van der Waals surface area contributed by atoms with Gasteiger partial charge in [0.1, 0.15) is 5.75 Å². The number of rotatable bonds is 5. The zero-order valence-corrected chi connectivity index (χ0v) is 15.5. The molecule has 0 fully saturated rings. The summed E-state index contributed by atoms with van der Waals surface area (Å²) in [5.74, 6) is 0.443. The molecule has 0 atom stereocenters. The largest absolute Gasteiger partial charge is 0.482 e. The molecule has 0 spiro atoms. The van der Waals surface area contributed by atoms with Gasteiger partial charge in [0.2, 0.25) is 0 Å². The molecule has 0 saturated heterocycles. The Kier molecular flexibility index (Phi) is 5.39. The van der Waals surface area contributed by atoms with Gasteiger partial charge in [0.15, 0.2) is 6.61 Å². The van der Waals surface area contributed by atoms with E-state index < -0.39 is 0 Å². The van der Waals surface area contributed by atoms with Crippen LogP contribution in [0.4, 0.5) is 5.69 Å². The average Bonchev–Trinajstić information content (AvgIpc) is 2.93. The van der Waals surface area contributed by atoms with Gasteiger partial charge in [-0.2, -0.15) is 5.10 Å². The summed E-state index contributed by atoms with van der Waals surface area (Å²) in [7, 11) is 0. The van der Waals surface area contributed by atoms with Crippen molar-refractivity contribution >= 4 is 34.8 Å². The number of ether oxygens (including phenoxy) is 1. The highest BCUT2D eigenvalue weighted by Gasteiger charge is 2.09. The van der Waals surface area contributed by atoms with E-state index in [0.717, 1.165) is 11.4 Å². The van der Waals surface area contributed by atoms with E-state index in [1.165, 1.54) is 12.4 Å². The Balaban J connectivity index is 1.60. The summed E-state index contributed by atoms with van der Waals surface area (Å²) in [6.45, 7) is 3.60. The molecule has 3 aromatic rings. The van der Waals surface area contributed by atoms with Gasteiger partial charge in [0.05, 0.1) is 28.8 Å². The van der Waals surface area contributed by atoms with Crippen molar-refractivity contribution in [1.29, 1.82) is 0 Å². The summed E-state index contributed by atoms with van der Waals surface area (Å²) in [6.07, 6.45) is 3.01. The summed E-state index contributed by atoms with van der Waals surface area (Å²) in [5, 5.41) is 7.79. The second-order valence-corrected chi connectivity index (χ2v) is 6.37.